The van der Waals surface area contributed by atoms with E-state index in [-0.39, 0.29) is 0 Å². The maximum absolute atomic E-state index is 8.85. The fourth-order valence-electron chi connectivity index (χ4n) is 2.12. The van der Waals surface area contributed by atoms with Crippen molar-refractivity contribution in [3.05, 3.63) is 72.1 Å². The first-order chi connectivity index (χ1) is 9.78. The molecule has 3 nitrogen and oxygen atoms in total. The van der Waals surface area contributed by atoms with E-state index in [1.807, 2.05) is 35.0 Å². The fourth-order valence-corrected chi connectivity index (χ4v) is 2.12. The number of benzene rings is 2. The predicted octanol–water partition coefficient (Wildman–Crippen LogP) is 3.72. The van der Waals surface area contributed by atoms with Crippen LogP contribution in [-0.4, -0.2) is 9.55 Å². The van der Waals surface area contributed by atoms with E-state index in [0.29, 0.717) is 5.56 Å². The summed E-state index contributed by atoms with van der Waals surface area (Å²) in [6.45, 7) is 2.07. The molecule has 3 heteroatoms. The summed E-state index contributed by atoms with van der Waals surface area (Å²) in [4.78, 5) is 4.43. The molecule has 96 valence electrons. The molecule has 3 aromatic rings. The Hall–Kier alpha value is -2.86. The summed E-state index contributed by atoms with van der Waals surface area (Å²) >= 11 is 0. The number of aromatic nitrogens is 2. The van der Waals surface area contributed by atoms with Gasteiger partial charge in [-0.15, -0.1) is 0 Å². The van der Waals surface area contributed by atoms with E-state index in [9.17, 15) is 0 Å². The van der Waals surface area contributed by atoms with Crippen molar-refractivity contribution >= 4 is 0 Å². The van der Waals surface area contributed by atoms with Crippen LogP contribution in [0, 0.1) is 18.3 Å². The van der Waals surface area contributed by atoms with Crippen LogP contribution in [0.15, 0.2) is 60.9 Å². The summed E-state index contributed by atoms with van der Waals surface area (Å²) in [5, 5.41) is 8.85. The molecule has 0 aliphatic carbocycles. The average Bonchev–Trinajstić information content (AvgIpc) is 2.97. The van der Waals surface area contributed by atoms with Crippen molar-refractivity contribution in [1.29, 1.82) is 5.26 Å². The van der Waals surface area contributed by atoms with Gasteiger partial charge < -0.3 is 0 Å². The Labute approximate surface area is 117 Å². The van der Waals surface area contributed by atoms with Crippen molar-refractivity contribution in [3.8, 4) is 23.1 Å². The Morgan fingerprint density at radius 3 is 2.35 bits per heavy atom. The summed E-state index contributed by atoms with van der Waals surface area (Å²) in [5.74, 6) is 0.898. The van der Waals surface area contributed by atoms with E-state index in [1.54, 1.807) is 6.20 Å². The highest BCUT2D eigenvalue weighted by molar-refractivity contribution is 5.59. The Bertz CT molecular complexity index is 759. The third-order valence-electron chi connectivity index (χ3n) is 3.23. The number of rotatable bonds is 2. The average molecular weight is 259 g/mol. The van der Waals surface area contributed by atoms with Gasteiger partial charge in [0.25, 0.3) is 0 Å². The van der Waals surface area contributed by atoms with Gasteiger partial charge in [-0.2, -0.15) is 5.26 Å². The van der Waals surface area contributed by atoms with E-state index in [2.05, 4.69) is 42.2 Å². The van der Waals surface area contributed by atoms with Crippen LogP contribution < -0.4 is 0 Å². The number of nitrogens with zero attached hydrogens (tertiary/aromatic N) is 3. The molecule has 0 bridgehead atoms. The molecule has 3 rings (SSSR count). The molecular formula is C17H13N3. The fraction of sp³-hybridized carbons (Fsp3) is 0.0588. The second kappa shape index (κ2) is 5.02. The van der Waals surface area contributed by atoms with Crippen LogP contribution in [0.2, 0.25) is 0 Å². The van der Waals surface area contributed by atoms with Crippen molar-refractivity contribution in [2.45, 2.75) is 6.92 Å². The van der Waals surface area contributed by atoms with Gasteiger partial charge in [0.1, 0.15) is 5.82 Å². The van der Waals surface area contributed by atoms with Gasteiger partial charge in [-0.25, -0.2) is 4.98 Å². The summed E-state index contributed by atoms with van der Waals surface area (Å²) < 4.78 is 2.02. The lowest BCUT2D eigenvalue weighted by molar-refractivity contribution is 1.07. The van der Waals surface area contributed by atoms with Gasteiger partial charge in [-0.1, -0.05) is 29.8 Å². The molecule has 0 unspecified atom stereocenters. The minimum atomic E-state index is 0.658. The van der Waals surface area contributed by atoms with Crippen molar-refractivity contribution in [3.63, 3.8) is 0 Å². The lowest BCUT2D eigenvalue weighted by atomic mass is 10.1. The molecule has 0 saturated heterocycles. The highest BCUT2D eigenvalue weighted by Crippen LogP contribution is 2.22. The molecule has 0 atom stereocenters. The number of imidazole rings is 1. The first kappa shape index (κ1) is 12.2. The van der Waals surface area contributed by atoms with Crippen LogP contribution in [0.1, 0.15) is 11.1 Å². The minimum Gasteiger partial charge on any atom is -0.300 e. The van der Waals surface area contributed by atoms with Gasteiger partial charge >= 0.3 is 0 Å². The highest BCUT2D eigenvalue weighted by atomic mass is 15.1. The van der Waals surface area contributed by atoms with Crippen LogP contribution >= 0.6 is 0 Å². The molecule has 20 heavy (non-hydrogen) atoms. The largest absolute Gasteiger partial charge is 0.300 e. The zero-order valence-electron chi connectivity index (χ0n) is 11.1. The Kier molecular flexibility index (Phi) is 3.06. The van der Waals surface area contributed by atoms with Crippen molar-refractivity contribution < 1.29 is 0 Å². The topological polar surface area (TPSA) is 41.6 Å². The van der Waals surface area contributed by atoms with Gasteiger partial charge in [-0.3, -0.25) is 4.57 Å². The highest BCUT2D eigenvalue weighted by Gasteiger charge is 2.07. The second-order valence-corrected chi connectivity index (χ2v) is 4.65. The minimum absolute atomic E-state index is 0.658. The molecule has 0 amide bonds. The molecule has 0 spiro atoms. The quantitative estimate of drug-likeness (QED) is 0.703. The van der Waals surface area contributed by atoms with Gasteiger partial charge in [0, 0.05) is 23.6 Å². The first-order valence-corrected chi connectivity index (χ1v) is 6.39. The number of hydrogen-bond acceptors (Lipinski definition) is 2. The van der Waals surface area contributed by atoms with E-state index in [0.717, 1.165) is 17.1 Å². The van der Waals surface area contributed by atoms with E-state index >= 15 is 0 Å². The molecule has 0 saturated carbocycles. The zero-order chi connectivity index (χ0) is 13.9. The molecule has 0 fully saturated rings. The van der Waals surface area contributed by atoms with Crippen molar-refractivity contribution in [2.24, 2.45) is 0 Å². The van der Waals surface area contributed by atoms with Crippen LogP contribution in [-0.2, 0) is 0 Å². The maximum atomic E-state index is 8.85. The Balaban J connectivity index is 2.05. The van der Waals surface area contributed by atoms with Crippen molar-refractivity contribution in [1.82, 2.24) is 9.55 Å². The number of aryl methyl sites for hydroxylation is 1. The standard InChI is InChI=1S/C17H13N3/c1-13-2-6-15(7-3-13)17-19-10-11-20(17)16-8-4-14(12-18)5-9-16/h2-11H,1H3. The normalized spacial score (nSPS) is 10.2. The van der Waals surface area contributed by atoms with E-state index < -0.39 is 0 Å². The van der Waals surface area contributed by atoms with E-state index in [4.69, 9.17) is 5.26 Å². The van der Waals surface area contributed by atoms with Crippen LogP contribution in [0.5, 0.6) is 0 Å². The SMILES string of the molecule is Cc1ccc(-c2nccn2-c2ccc(C#N)cc2)cc1. The molecule has 2 aromatic carbocycles. The molecule has 1 aromatic heterocycles. The maximum Gasteiger partial charge on any atom is 0.144 e. The summed E-state index contributed by atoms with van der Waals surface area (Å²) in [7, 11) is 0. The summed E-state index contributed by atoms with van der Waals surface area (Å²) in [6.07, 6.45) is 3.71. The molecule has 0 N–H and O–H groups in total. The molecule has 0 radical (unpaired) electrons. The van der Waals surface area contributed by atoms with Gasteiger partial charge in [0.2, 0.25) is 0 Å². The molecule has 0 aliphatic heterocycles. The Morgan fingerprint density at radius 1 is 1.00 bits per heavy atom. The summed E-state index contributed by atoms with van der Waals surface area (Å²) in [6, 6.07) is 17.9. The zero-order valence-corrected chi connectivity index (χ0v) is 11.1. The lowest BCUT2D eigenvalue weighted by Gasteiger charge is -2.08. The molecular weight excluding hydrogens is 246 g/mol. The van der Waals surface area contributed by atoms with Crippen LogP contribution in [0.3, 0.4) is 0 Å². The summed E-state index contributed by atoms with van der Waals surface area (Å²) in [5.41, 5.74) is 3.96. The molecule has 1 heterocycles. The Morgan fingerprint density at radius 2 is 1.70 bits per heavy atom. The van der Waals surface area contributed by atoms with Gasteiger partial charge in [0.15, 0.2) is 0 Å². The first-order valence-electron chi connectivity index (χ1n) is 6.39. The van der Waals surface area contributed by atoms with E-state index in [1.165, 1.54) is 5.56 Å². The van der Waals surface area contributed by atoms with Gasteiger partial charge in [-0.05, 0) is 31.2 Å². The third-order valence-corrected chi connectivity index (χ3v) is 3.23. The molecule has 0 aliphatic rings. The van der Waals surface area contributed by atoms with Gasteiger partial charge in [0.05, 0.1) is 11.6 Å². The predicted molar refractivity (Wildman–Crippen MR) is 78.5 cm³/mol. The number of hydrogen-bond donors (Lipinski definition) is 0. The van der Waals surface area contributed by atoms with Crippen molar-refractivity contribution in [2.75, 3.05) is 0 Å². The monoisotopic (exact) mass is 259 g/mol. The lowest BCUT2D eigenvalue weighted by Crippen LogP contribution is -1.96. The number of nitriles is 1. The van der Waals surface area contributed by atoms with Crippen LogP contribution in [0.4, 0.5) is 0 Å². The van der Waals surface area contributed by atoms with Crippen LogP contribution in [0.25, 0.3) is 17.1 Å². The second-order valence-electron chi connectivity index (χ2n) is 4.65. The smallest absolute Gasteiger partial charge is 0.144 e. The third kappa shape index (κ3) is 2.19.